The molecule has 0 bridgehead atoms. The number of hydrogen-bond acceptors (Lipinski definition) is 3. The number of aromatic carboxylic acids is 1. The van der Waals surface area contributed by atoms with E-state index in [-0.39, 0.29) is 16.8 Å². The predicted octanol–water partition coefficient (Wildman–Crippen LogP) is 1.88. The molecule has 0 atom stereocenters. The lowest BCUT2D eigenvalue weighted by Crippen LogP contribution is -2.25. The number of pyridine rings is 1. The van der Waals surface area contributed by atoms with Crippen molar-refractivity contribution in [1.82, 2.24) is 4.98 Å². The third kappa shape index (κ3) is 1.75. The maximum Gasteiger partial charge on any atom is 0.339 e. The fraction of sp³-hybridized carbons (Fsp3) is 0.500. The number of anilines is 1. The minimum atomic E-state index is -0.971. The molecule has 4 heteroatoms. The summed E-state index contributed by atoms with van der Waals surface area (Å²) in [7, 11) is 0. The van der Waals surface area contributed by atoms with Crippen LogP contribution in [0.4, 0.5) is 5.82 Å². The van der Waals surface area contributed by atoms with E-state index in [1.54, 1.807) is 6.20 Å². The van der Waals surface area contributed by atoms with Gasteiger partial charge in [-0.2, -0.15) is 0 Å². The summed E-state index contributed by atoms with van der Waals surface area (Å²) < 4.78 is 0. The molecule has 1 aliphatic rings. The molecule has 0 aromatic carbocycles. The van der Waals surface area contributed by atoms with Gasteiger partial charge in [-0.15, -0.1) is 0 Å². The lowest BCUT2D eigenvalue weighted by Gasteiger charge is -2.31. The van der Waals surface area contributed by atoms with Crippen LogP contribution in [0.3, 0.4) is 0 Å². The van der Waals surface area contributed by atoms with Gasteiger partial charge in [-0.3, -0.25) is 0 Å². The van der Waals surface area contributed by atoms with Crippen LogP contribution < -0.4 is 5.73 Å². The predicted molar refractivity (Wildman–Crippen MR) is 61.4 cm³/mol. The standard InChI is InChI=1S/C12H16N2O2/c1-12(2)4-3-8-7(5-12)6-14-10(13)9(8)11(15)16/h6H,3-5H2,1-2H3,(H2,13,14)(H,15,16). The minimum Gasteiger partial charge on any atom is -0.478 e. The van der Waals surface area contributed by atoms with Crippen molar-refractivity contribution in [3.63, 3.8) is 0 Å². The fourth-order valence-corrected chi connectivity index (χ4v) is 2.35. The van der Waals surface area contributed by atoms with Gasteiger partial charge in [0.05, 0.1) is 0 Å². The summed E-state index contributed by atoms with van der Waals surface area (Å²) in [5, 5.41) is 9.13. The fourth-order valence-electron chi connectivity index (χ4n) is 2.35. The number of fused-ring (bicyclic) bond motifs is 1. The van der Waals surface area contributed by atoms with Crippen LogP contribution in [-0.4, -0.2) is 16.1 Å². The molecule has 0 spiro atoms. The highest BCUT2D eigenvalue weighted by Gasteiger charge is 2.29. The Labute approximate surface area is 94.5 Å². The number of carboxylic acid groups (broad SMARTS) is 1. The molecule has 1 aromatic heterocycles. The third-order valence-corrected chi connectivity index (χ3v) is 3.24. The zero-order valence-corrected chi connectivity index (χ0v) is 9.58. The van der Waals surface area contributed by atoms with E-state index in [1.165, 1.54) is 0 Å². The first-order valence-electron chi connectivity index (χ1n) is 5.40. The minimum absolute atomic E-state index is 0.131. The third-order valence-electron chi connectivity index (χ3n) is 3.24. The van der Waals surface area contributed by atoms with Crippen molar-refractivity contribution in [3.05, 3.63) is 22.9 Å². The summed E-state index contributed by atoms with van der Waals surface area (Å²) in [6.45, 7) is 4.37. The zero-order chi connectivity index (χ0) is 11.9. The van der Waals surface area contributed by atoms with Crippen molar-refractivity contribution in [3.8, 4) is 0 Å². The molecule has 0 saturated carbocycles. The molecule has 1 heterocycles. The van der Waals surface area contributed by atoms with Gasteiger partial charge in [0.15, 0.2) is 0 Å². The normalized spacial score (nSPS) is 17.9. The van der Waals surface area contributed by atoms with Gasteiger partial charge in [0.1, 0.15) is 11.4 Å². The van der Waals surface area contributed by atoms with E-state index >= 15 is 0 Å². The average molecular weight is 220 g/mol. The molecular weight excluding hydrogens is 204 g/mol. The zero-order valence-electron chi connectivity index (χ0n) is 9.58. The molecular formula is C12H16N2O2. The summed E-state index contributed by atoms with van der Waals surface area (Å²) in [5.41, 5.74) is 7.95. The highest BCUT2D eigenvalue weighted by molar-refractivity contribution is 5.94. The molecule has 0 radical (unpaired) electrons. The van der Waals surface area contributed by atoms with Gasteiger partial charge in [-0.25, -0.2) is 9.78 Å². The quantitative estimate of drug-likeness (QED) is 0.757. The number of carboxylic acids is 1. The largest absolute Gasteiger partial charge is 0.478 e. The van der Waals surface area contributed by atoms with Crippen LogP contribution in [0.15, 0.2) is 6.20 Å². The van der Waals surface area contributed by atoms with Gasteiger partial charge in [-0.05, 0) is 35.8 Å². The summed E-state index contributed by atoms with van der Waals surface area (Å²) in [6.07, 6.45) is 4.36. The van der Waals surface area contributed by atoms with E-state index in [4.69, 9.17) is 10.8 Å². The maximum absolute atomic E-state index is 11.1. The number of nitrogens with zero attached hydrogens (tertiary/aromatic N) is 1. The van der Waals surface area contributed by atoms with E-state index in [2.05, 4.69) is 18.8 Å². The van der Waals surface area contributed by atoms with Crippen molar-refractivity contribution in [1.29, 1.82) is 0 Å². The number of carbonyl (C=O) groups is 1. The SMILES string of the molecule is CC1(C)CCc2c(cnc(N)c2C(=O)O)C1. The van der Waals surface area contributed by atoms with E-state index in [1.807, 2.05) is 0 Å². The molecule has 2 rings (SSSR count). The molecule has 1 aliphatic carbocycles. The molecule has 0 amide bonds. The van der Waals surface area contributed by atoms with Gasteiger partial charge in [-0.1, -0.05) is 13.8 Å². The number of nitrogens with two attached hydrogens (primary N) is 1. The second kappa shape index (κ2) is 3.47. The Balaban J connectivity index is 2.55. The number of rotatable bonds is 1. The molecule has 0 unspecified atom stereocenters. The molecule has 0 saturated heterocycles. The van der Waals surface area contributed by atoms with Gasteiger partial charge in [0.2, 0.25) is 0 Å². The van der Waals surface area contributed by atoms with Gasteiger partial charge >= 0.3 is 5.97 Å². The van der Waals surface area contributed by atoms with Crippen molar-refractivity contribution in [2.75, 3.05) is 5.73 Å². The number of nitrogen functional groups attached to an aromatic ring is 1. The van der Waals surface area contributed by atoms with Crippen LogP contribution in [0.5, 0.6) is 0 Å². The van der Waals surface area contributed by atoms with Crippen molar-refractivity contribution in [2.24, 2.45) is 5.41 Å². The van der Waals surface area contributed by atoms with E-state index in [0.717, 1.165) is 30.4 Å². The Bertz CT molecular complexity index is 453. The molecule has 86 valence electrons. The van der Waals surface area contributed by atoms with E-state index in [0.29, 0.717) is 0 Å². The Kier molecular flexibility index (Phi) is 2.37. The topological polar surface area (TPSA) is 76.2 Å². The Morgan fingerprint density at radius 1 is 1.56 bits per heavy atom. The van der Waals surface area contributed by atoms with Gasteiger partial charge in [0.25, 0.3) is 0 Å². The van der Waals surface area contributed by atoms with Crippen molar-refractivity contribution >= 4 is 11.8 Å². The lowest BCUT2D eigenvalue weighted by atomic mass is 9.74. The van der Waals surface area contributed by atoms with Crippen LogP contribution in [0.25, 0.3) is 0 Å². The first-order chi connectivity index (χ1) is 7.41. The van der Waals surface area contributed by atoms with Crippen LogP contribution in [0.1, 0.15) is 41.8 Å². The van der Waals surface area contributed by atoms with Crippen molar-refractivity contribution < 1.29 is 9.90 Å². The van der Waals surface area contributed by atoms with Gasteiger partial charge < -0.3 is 10.8 Å². The van der Waals surface area contributed by atoms with Gasteiger partial charge in [0, 0.05) is 6.20 Å². The molecule has 1 aromatic rings. The Hall–Kier alpha value is -1.58. The molecule has 0 fully saturated rings. The number of hydrogen-bond donors (Lipinski definition) is 2. The number of aromatic nitrogens is 1. The highest BCUT2D eigenvalue weighted by atomic mass is 16.4. The smallest absolute Gasteiger partial charge is 0.339 e. The van der Waals surface area contributed by atoms with Crippen molar-refractivity contribution in [2.45, 2.75) is 33.1 Å². The van der Waals surface area contributed by atoms with Crippen LogP contribution in [-0.2, 0) is 12.8 Å². The second-order valence-corrected chi connectivity index (χ2v) is 5.17. The first-order valence-corrected chi connectivity index (χ1v) is 5.40. The summed E-state index contributed by atoms with van der Waals surface area (Å²) >= 11 is 0. The van der Waals surface area contributed by atoms with Crippen LogP contribution >= 0.6 is 0 Å². The average Bonchev–Trinajstić information content (AvgIpc) is 2.16. The Morgan fingerprint density at radius 2 is 2.25 bits per heavy atom. The summed E-state index contributed by atoms with van der Waals surface area (Å²) in [5.74, 6) is -0.840. The molecule has 3 N–H and O–H groups in total. The molecule has 4 nitrogen and oxygen atoms in total. The summed E-state index contributed by atoms with van der Waals surface area (Å²) in [4.78, 5) is 15.1. The van der Waals surface area contributed by atoms with Crippen LogP contribution in [0, 0.1) is 5.41 Å². The lowest BCUT2D eigenvalue weighted by molar-refractivity contribution is 0.0695. The van der Waals surface area contributed by atoms with E-state index < -0.39 is 5.97 Å². The highest BCUT2D eigenvalue weighted by Crippen LogP contribution is 2.36. The monoisotopic (exact) mass is 220 g/mol. The second-order valence-electron chi connectivity index (χ2n) is 5.17. The van der Waals surface area contributed by atoms with Crippen LogP contribution in [0.2, 0.25) is 0 Å². The maximum atomic E-state index is 11.1. The molecule has 16 heavy (non-hydrogen) atoms. The molecule has 0 aliphatic heterocycles. The summed E-state index contributed by atoms with van der Waals surface area (Å²) in [6, 6.07) is 0. The first kappa shape index (κ1) is 10.9. The Morgan fingerprint density at radius 3 is 2.88 bits per heavy atom. The van der Waals surface area contributed by atoms with E-state index in [9.17, 15) is 4.79 Å².